The number of nitrogens with zero attached hydrogens (tertiary/aromatic N) is 3. The largest absolute Gasteiger partial charge is 0.360 e. The van der Waals surface area contributed by atoms with Crippen LogP contribution in [-0.4, -0.2) is 84.0 Å². The summed E-state index contributed by atoms with van der Waals surface area (Å²) in [5, 5.41) is 0. The quantitative estimate of drug-likeness (QED) is 0.704. The van der Waals surface area contributed by atoms with Crippen LogP contribution in [0.4, 0.5) is 0 Å². The monoisotopic (exact) mass is 361 g/mol. The van der Waals surface area contributed by atoms with Crippen LogP contribution < -0.4 is 0 Å². The van der Waals surface area contributed by atoms with Crippen molar-refractivity contribution in [2.75, 3.05) is 39.8 Å². The molecule has 4 heterocycles. The molecule has 4 atom stereocenters. The van der Waals surface area contributed by atoms with Crippen LogP contribution >= 0.6 is 0 Å². The standard InChI is InChI=1S/C20H31N3O3/c1-4-14(5-2)23-13-20-8-7-15(26-20)16(17(20)19(23)25)18(24)22-10-6-9-21(3)11-12-22/h7-8,14-17H,4-6,9-13H2,1-3H3/t15-,16?,17?,20-/m0/s1. The Morgan fingerprint density at radius 3 is 2.77 bits per heavy atom. The Morgan fingerprint density at radius 1 is 1.27 bits per heavy atom. The van der Waals surface area contributed by atoms with Gasteiger partial charge in [0.15, 0.2) is 0 Å². The Bertz CT molecular complexity index is 617. The van der Waals surface area contributed by atoms with Crippen LogP contribution in [0, 0.1) is 11.8 Å². The maximum atomic E-state index is 13.4. The Kier molecular flexibility index (Phi) is 4.59. The van der Waals surface area contributed by atoms with Gasteiger partial charge >= 0.3 is 0 Å². The summed E-state index contributed by atoms with van der Waals surface area (Å²) in [4.78, 5) is 32.9. The van der Waals surface area contributed by atoms with Gasteiger partial charge in [-0.3, -0.25) is 9.59 Å². The van der Waals surface area contributed by atoms with Crippen molar-refractivity contribution >= 4 is 11.8 Å². The van der Waals surface area contributed by atoms with E-state index in [9.17, 15) is 9.59 Å². The topological polar surface area (TPSA) is 53.1 Å². The molecule has 0 aromatic rings. The fourth-order valence-corrected chi connectivity index (χ4v) is 5.33. The van der Waals surface area contributed by atoms with Crippen molar-refractivity contribution in [3.05, 3.63) is 12.2 Å². The minimum Gasteiger partial charge on any atom is -0.360 e. The number of carbonyl (C=O) groups is 2. The number of hydrogen-bond donors (Lipinski definition) is 0. The predicted octanol–water partition coefficient (Wildman–Crippen LogP) is 1.12. The lowest BCUT2D eigenvalue weighted by atomic mass is 9.76. The molecule has 2 amide bonds. The van der Waals surface area contributed by atoms with Crippen molar-refractivity contribution in [1.29, 1.82) is 0 Å². The normalized spacial score (nSPS) is 36.9. The van der Waals surface area contributed by atoms with Gasteiger partial charge in [-0.15, -0.1) is 0 Å². The highest BCUT2D eigenvalue weighted by Crippen LogP contribution is 2.53. The summed E-state index contributed by atoms with van der Waals surface area (Å²) in [5.74, 6) is -0.459. The molecule has 0 N–H and O–H groups in total. The van der Waals surface area contributed by atoms with Gasteiger partial charge in [0.25, 0.3) is 0 Å². The van der Waals surface area contributed by atoms with Crippen LogP contribution in [0.5, 0.6) is 0 Å². The van der Waals surface area contributed by atoms with E-state index in [1.165, 1.54) is 0 Å². The molecule has 1 spiro atoms. The number of carbonyl (C=O) groups excluding carboxylic acids is 2. The molecular weight excluding hydrogens is 330 g/mol. The van der Waals surface area contributed by atoms with Gasteiger partial charge in [-0.25, -0.2) is 0 Å². The van der Waals surface area contributed by atoms with Crippen molar-refractivity contribution < 1.29 is 14.3 Å². The van der Waals surface area contributed by atoms with Gasteiger partial charge in [0, 0.05) is 25.7 Å². The van der Waals surface area contributed by atoms with Crippen molar-refractivity contribution in [2.24, 2.45) is 11.8 Å². The average molecular weight is 361 g/mol. The zero-order chi connectivity index (χ0) is 18.5. The Morgan fingerprint density at radius 2 is 2.04 bits per heavy atom. The Balaban J connectivity index is 1.58. The third-order valence-corrected chi connectivity index (χ3v) is 6.83. The molecular formula is C20H31N3O3. The highest BCUT2D eigenvalue weighted by Gasteiger charge is 2.67. The molecule has 0 aliphatic carbocycles. The summed E-state index contributed by atoms with van der Waals surface area (Å²) in [6.07, 6.45) is 6.71. The summed E-state index contributed by atoms with van der Waals surface area (Å²) < 4.78 is 6.27. The maximum absolute atomic E-state index is 13.4. The number of amides is 2. The molecule has 144 valence electrons. The average Bonchev–Trinajstić information content (AvgIpc) is 3.21. The second kappa shape index (κ2) is 6.64. The number of rotatable bonds is 4. The number of likely N-dealkylation sites (N-methyl/N-ethyl adjacent to an activating group) is 1. The minimum atomic E-state index is -0.576. The second-order valence-corrected chi connectivity index (χ2v) is 8.32. The van der Waals surface area contributed by atoms with E-state index in [-0.39, 0.29) is 35.8 Å². The lowest BCUT2D eigenvalue weighted by Gasteiger charge is -2.30. The molecule has 0 aromatic carbocycles. The number of ether oxygens (including phenoxy) is 1. The molecule has 2 unspecified atom stereocenters. The highest BCUT2D eigenvalue weighted by molar-refractivity contribution is 5.93. The summed E-state index contributed by atoms with van der Waals surface area (Å²) in [6.45, 7) is 8.27. The van der Waals surface area contributed by atoms with Crippen LogP contribution in [0.15, 0.2) is 12.2 Å². The molecule has 2 bridgehead atoms. The highest BCUT2D eigenvalue weighted by atomic mass is 16.5. The molecule has 0 radical (unpaired) electrons. The van der Waals surface area contributed by atoms with Crippen LogP contribution in [0.3, 0.4) is 0 Å². The second-order valence-electron chi connectivity index (χ2n) is 8.32. The van der Waals surface area contributed by atoms with E-state index in [0.29, 0.717) is 6.54 Å². The van der Waals surface area contributed by atoms with Crippen molar-refractivity contribution in [3.8, 4) is 0 Å². The van der Waals surface area contributed by atoms with Gasteiger partial charge in [-0.1, -0.05) is 26.0 Å². The third-order valence-electron chi connectivity index (χ3n) is 6.83. The maximum Gasteiger partial charge on any atom is 0.230 e. The molecule has 3 fully saturated rings. The Labute approximate surface area is 156 Å². The number of hydrogen-bond acceptors (Lipinski definition) is 4. The molecule has 0 aromatic heterocycles. The third kappa shape index (κ3) is 2.61. The molecule has 6 nitrogen and oxygen atoms in total. The first-order chi connectivity index (χ1) is 12.5. The van der Waals surface area contributed by atoms with E-state index in [1.54, 1.807) is 0 Å². The van der Waals surface area contributed by atoms with E-state index in [2.05, 4.69) is 31.9 Å². The van der Waals surface area contributed by atoms with Gasteiger partial charge in [-0.05, 0) is 32.9 Å². The SMILES string of the molecule is CCC(CC)N1C[C@]23C=C[C@H](O2)C(C(=O)N2CCCN(C)CC2)C3C1=O. The lowest BCUT2D eigenvalue weighted by Crippen LogP contribution is -2.47. The first kappa shape index (κ1) is 18.0. The minimum absolute atomic E-state index is 0.112. The van der Waals surface area contributed by atoms with Gasteiger partial charge in [-0.2, -0.15) is 0 Å². The van der Waals surface area contributed by atoms with Gasteiger partial charge in [0.2, 0.25) is 11.8 Å². The van der Waals surface area contributed by atoms with Crippen molar-refractivity contribution in [2.45, 2.75) is 50.9 Å². The van der Waals surface area contributed by atoms with E-state index in [0.717, 1.165) is 45.4 Å². The van der Waals surface area contributed by atoms with Crippen molar-refractivity contribution in [1.82, 2.24) is 14.7 Å². The zero-order valence-corrected chi connectivity index (χ0v) is 16.2. The van der Waals surface area contributed by atoms with Crippen LogP contribution in [0.1, 0.15) is 33.1 Å². The van der Waals surface area contributed by atoms with Gasteiger partial charge in [0.05, 0.1) is 24.5 Å². The molecule has 4 rings (SSSR count). The first-order valence-electron chi connectivity index (χ1n) is 10.2. The fourth-order valence-electron chi connectivity index (χ4n) is 5.33. The molecule has 6 heteroatoms. The summed E-state index contributed by atoms with van der Waals surface area (Å²) in [7, 11) is 2.10. The number of likely N-dealkylation sites (tertiary alicyclic amines) is 1. The van der Waals surface area contributed by atoms with Crippen LogP contribution in [0.2, 0.25) is 0 Å². The molecule has 26 heavy (non-hydrogen) atoms. The first-order valence-corrected chi connectivity index (χ1v) is 10.2. The van der Waals surface area contributed by atoms with E-state index in [4.69, 9.17) is 4.74 Å². The molecule has 4 aliphatic heterocycles. The molecule has 0 saturated carbocycles. The fraction of sp³-hybridized carbons (Fsp3) is 0.800. The summed E-state index contributed by atoms with van der Waals surface area (Å²) in [6, 6.07) is 0.237. The number of fused-ring (bicyclic) bond motifs is 1. The Hall–Kier alpha value is -1.40. The smallest absolute Gasteiger partial charge is 0.230 e. The predicted molar refractivity (Wildman–Crippen MR) is 98.5 cm³/mol. The van der Waals surface area contributed by atoms with Crippen molar-refractivity contribution in [3.63, 3.8) is 0 Å². The van der Waals surface area contributed by atoms with E-state index >= 15 is 0 Å². The lowest BCUT2D eigenvalue weighted by molar-refractivity contribution is -0.144. The van der Waals surface area contributed by atoms with Gasteiger partial charge in [0.1, 0.15) is 5.60 Å². The van der Waals surface area contributed by atoms with Crippen LogP contribution in [-0.2, 0) is 14.3 Å². The molecule has 4 aliphatic rings. The van der Waals surface area contributed by atoms with Crippen LogP contribution in [0.25, 0.3) is 0 Å². The summed E-state index contributed by atoms with van der Waals surface area (Å²) >= 11 is 0. The zero-order valence-electron chi connectivity index (χ0n) is 16.2. The summed E-state index contributed by atoms with van der Waals surface area (Å²) in [5.41, 5.74) is -0.576. The van der Waals surface area contributed by atoms with E-state index < -0.39 is 5.60 Å². The van der Waals surface area contributed by atoms with Gasteiger partial charge < -0.3 is 19.4 Å². The van der Waals surface area contributed by atoms with E-state index in [1.807, 2.05) is 15.9 Å². The molecule has 3 saturated heterocycles.